The summed E-state index contributed by atoms with van der Waals surface area (Å²) in [5, 5.41) is 0.150. The van der Waals surface area contributed by atoms with E-state index in [9.17, 15) is 0 Å². The molecule has 0 saturated carbocycles. The lowest BCUT2D eigenvalue weighted by Crippen LogP contribution is -2.21. The third-order valence-corrected chi connectivity index (χ3v) is 3.27. The number of ether oxygens (including phenoxy) is 2. The molecular weight excluding hydrogens is 260 g/mol. The molecule has 0 saturated heterocycles. The molecule has 3 heteroatoms. The Morgan fingerprint density at radius 1 is 1.11 bits per heavy atom. The van der Waals surface area contributed by atoms with E-state index in [1.807, 2.05) is 26.8 Å². The molecule has 19 heavy (non-hydrogen) atoms. The first-order valence-electron chi connectivity index (χ1n) is 6.95. The normalized spacial score (nSPS) is 13.2. The highest BCUT2D eigenvalue weighted by atomic mass is 35.5. The van der Waals surface area contributed by atoms with Crippen LogP contribution in [-0.4, -0.2) is 18.6 Å². The summed E-state index contributed by atoms with van der Waals surface area (Å²) in [7, 11) is 0. The average molecular weight is 285 g/mol. The van der Waals surface area contributed by atoms with Gasteiger partial charge in [0.2, 0.25) is 0 Å². The first-order chi connectivity index (χ1) is 8.90. The van der Waals surface area contributed by atoms with Gasteiger partial charge >= 0.3 is 0 Å². The maximum Gasteiger partial charge on any atom is 0.161 e. The standard InChI is InChI=1S/C16H25ClO2/c1-6-18-14-9-8-13(10-15(14)19-7-2)16(4,5)11-12(3)17/h8-10,12H,6-7,11H2,1-5H3. The van der Waals surface area contributed by atoms with Crippen LogP contribution in [0.5, 0.6) is 11.5 Å². The summed E-state index contributed by atoms with van der Waals surface area (Å²) in [6.45, 7) is 11.7. The van der Waals surface area contributed by atoms with Crippen LogP contribution in [0, 0.1) is 0 Å². The van der Waals surface area contributed by atoms with E-state index in [0.717, 1.165) is 17.9 Å². The van der Waals surface area contributed by atoms with Gasteiger partial charge in [-0.3, -0.25) is 0 Å². The second-order valence-corrected chi connectivity index (χ2v) is 6.14. The van der Waals surface area contributed by atoms with Crippen molar-refractivity contribution in [2.45, 2.75) is 51.8 Å². The van der Waals surface area contributed by atoms with Crippen LogP contribution in [0.3, 0.4) is 0 Å². The predicted molar refractivity (Wildman–Crippen MR) is 81.7 cm³/mol. The average Bonchev–Trinajstić information content (AvgIpc) is 2.30. The smallest absolute Gasteiger partial charge is 0.161 e. The minimum atomic E-state index is 0.0256. The molecule has 0 radical (unpaired) electrons. The van der Waals surface area contributed by atoms with Crippen LogP contribution in [0.1, 0.15) is 46.6 Å². The minimum absolute atomic E-state index is 0.0256. The zero-order valence-corrected chi connectivity index (χ0v) is 13.4. The number of hydrogen-bond donors (Lipinski definition) is 0. The molecule has 0 heterocycles. The number of rotatable bonds is 7. The van der Waals surface area contributed by atoms with Gasteiger partial charge < -0.3 is 9.47 Å². The molecule has 1 aromatic carbocycles. The zero-order chi connectivity index (χ0) is 14.5. The van der Waals surface area contributed by atoms with Gasteiger partial charge in [-0.15, -0.1) is 11.6 Å². The predicted octanol–water partition coefficient (Wildman–Crippen LogP) is 4.78. The van der Waals surface area contributed by atoms with E-state index in [-0.39, 0.29) is 10.8 Å². The van der Waals surface area contributed by atoms with Crippen molar-refractivity contribution in [2.75, 3.05) is 13.2 Å². The largest absolute Gasteiger partial charge is 0.490 e. The van der Waals surface area contributed by atoms with E-state index in [2.05, 4.69) is 26.0 Å². The van der Waals surface area contributed by atoms with Gasteiger partial charge in [-0.2, -0.15) is 0 Å². The van der Waals surface area contributed by atoms with Crippen LogP contribution in [0.2, 0.25) is 0 Å². The Morgan fingerprint density at radius 3 is 2.21 bits per heavy atom. The molecule has 0 amide bonds. The second-order valence-electron chi connectivity index (χ2n) is 5.40. The molecule has 1 aromatic rings. The van der Waals surface area contributed by atoms with Gasteiger partial charge in [0, 0.05) is 5.38 Å². The van der Waals surface area contributed by atoms with E-state index < -0.39 is 0 Å². The number of alkyl halides is 1. The molecule has 0 aliphatic carbocycles. The van der Waals surface area contributed by atoms with Gasteiger partial charge in [0.15, 0.2) is 11.5 Å². The second kappa shape index (κ2) is 7.04. The Morgan fingerprint density at radius 2 is 1.68 bits per heavy atom. The van der Waals surface area contributed by atoms with E-state index in [4.69, 9.17) is 21.1 Å². The Hall–Kier alpha value is -0.890. The van der Waals surface area contributed by atoms with E-state index in [1.54, 1.807) is 0 Å². The summed E-state index contributed by atoms with van der Waals surface area (Å²) in [5.41, 5.74) is 1.25. The molecule has 0 spiro atoms. The highest BCUT2D eigenvalue weighted by Gasteiger charge is 2.24. The van der Waals surface area contributed by atoms with Crippen molar-refractivity contribution in [3.8, 4) is 11.5 Å². The molecule has 0 aliphatic rings. The molecule has 0 bridgehead atoms. The van der Waals surface area contributed by atoms with Gasteiger partial charge in [-0.25, -0.2) is 0 Å². The molecule has 2 nitrogen and oxygen atoms in total. The first kappa shape index (κ1) is 16.2. The fourth-order valence-electron chi connectivity index (χ4n) is 2.29. The summed E-state index contributed by atoms with van der Waals surface area (Å²) in [4.78, 5) is 0. The van der Waals surface area contributed by atoms with Gasteiger partial charge in [0.05, 0.1) is 13.2 Å². The van der Waals surface area contributed by atoms with Crippen LogP contribution in [0.25, 0.3) is 0 Å². The van der Waals surface area contributed by atoms with Crippen molar-refractivity contribution in [1.29, 1.82) is 0 Å². The molecule has 1 rings (SSSR count). The minimum Gasteiger partial charge on any atom is -0.490 e. The van der Waals surface area contributed by atoms with Gasteiger partial charge in [0.1, 0.15) is 0 Å². The Balaban J connectivity index is 3.06. The highest BCUT2D eigenvalue weighted by Crippen LogP contribution is 2.36. The molecule has 1 unspecified atom stereocenters. The van der Waals surface area contributed by atoms with Crippen molar-refractivity contribution >= 4 is 11.6 Å². The van der Waals surface area contributed by atoms with Crippen molar-refractivity contribution < 1.29 is 9.47 Å². The van der Waals surface area contributed by atoms with Crippen LogP contribution < -0.4 is 9.47 Å². The molecule has 0 aromatic heterocycles. The quantitative estimate of drug-likeness (QED) is 0.671. The van der Waals surface area contributed by atoms with Crippen molar-refractivity contribution in [1.82, 2.24) is 0 Å². The lowest BCUT2D eigenvalue weighted by Gasteiger charge is -2.27. The molecule has 1 atom stereocenters. The summed E-state index contributed by atoms with van der Waals surface area (Å²) in [6.07, 6.45) is 0.925. The third-order valence-electron chi connectivity index (χ3n) is 3.12. The van der Waals surface area contributed by atoms with E-state index in [0.29, 0.717) is 13.2 Å². The maximum atomic E-state index is 6.14. The molecule has 0 aliphatic heterocycles. The van der Waals surface area contributed by atoms with Crippen molar-refractivity contribution in [3.05, 3.63) is 23.8 Å². The maximum absolute atomic E-state index is 6.14. The number of halogens is 1. The van der Waals surface area contributed by atoms with Crippen molar-refractivity contribution in [2.24, 2.45) is 0 Å². The van der Waals surface area contributed by atoms with Gasteiger partial charge in [0.25, 0.3) is 0 Å². The third kappa shape index (κ3) is 4.61. The van der Waals surface area contributed by atoms with Crippen LogP contribution in [-0.2, 0) is 5.41 Å². The Kier molecular flexibility index (Phi) is 5.99. The molecule has 0 fully saturated rings. The molecule has 0 N–H and O–H groups in total. The zero-order valence-electron chi connectivity index (χ0n) is 12.6. The van der Waals surface area contributed by atoms with Gasteiger partial charge in [-0.1, -0.05) is 19.9 Å². The van der Waals surface area contributed by atoms with Crippen molar-refractivity contribution in [3.63, 3.8) is 0 Å². The molecular formula is C16H25ClO2. The lowest BCUT2D eigenvalue weighted by atomic mass is 9.80. The first-order valence-corrected chi connectivity index (χ1v) is 7.38. The topological polar surface area (TPSA) is 18.5 Å². The van der Waals surface area contributed by atoms with Crippen LogP contribution >= 0.6 is 11.6 Å². The summed E-state index contributed by atoms with van der Waals surface area (Å²) in [5.74, 6) is 1.62. The Labute approximate surface area is 122 Å². The van der Waals surface area contributed by atoms with Crippen LogP contribution in [0.4, 0.5) is 0 Å². The fraction of sp³-hybridized carbons (Fsp3) is 0.625. The SMILES string of the molecule is CCOc1ccc(C(C)(C)CC(C)Cl)cc1OCC. The van der Waals surface area contributed by atoms with Crippen LogP contribution in [0.15, 0.2) is 18.2 Å². The Bertz CT molecular complexity index is 400. The van der Waals surface area contributed by atoms with E-state index in [1.165, 1.54) is 5.56 Å². The highest BCUT2D eigenvalue weighted by molar-refractivity contribution is 6.20. The number of hydrogen-bond acceptors (Lipinski definition) is 2. The summed E-state index contributed by atoms with van der Waals surface area (Å²) < 4.78 is 11.3. The number of benzene rings is 1. The monoisotopic (exact) mass is 284 g/mol. The van der Waals surface area contributed by atoms with E-state index >= 15 is 0 Å². The summed E-state index contributed by atoms with van der Waals surface area (Å²) in [6, 6.07) is 6.17. The summed E-state index contributed by atoms with van der Waals surface area (Å²) >= 11 is 6.14. The molecule has 108 valence electrons. The lowest BCUT2D eigenvalue weighted by molar-refractivity contribution is 0.286. The fourth-order valence-corrected chi connectivity index (χ4v) is 2.68. The van der Waals surface area contributed by atoms with Gasteiger partial charge in [-0.05, 0) is 50.3 Å².